The number of hydrogen-bond acceptors (Lipinski definition) is 4. The molecule has 25 heavy (non-hydrogen) atoms. The van der Waals surface area contributed by atoms with Gasteiger partial charge in [0.15, 0.2) is 0 Å². The lowest BCUT2D eigenvalue weighted by atomic mass is 9.49. The van der Waals surface area contributed by atoms with Crippen LogP contribution in [0.5, 0.6) is 5.75 Å². The molecule has 4 bridgehead atoms. The van der Waals surface area contributed by atoms with Crippen molar-refractivity contribution in [2.24, 2.45) is 17.3 Å². The van der Waals surface area contributed by atoms with E-state index in [0.29, 0.717) is 23.2 Å². The lowest BCUT2D eigenvalue weighted by Crippen LogP contribution is -2.56. The van der Waals surface area contributed by atoms with Crippen LogP contribution in [0.15, 0.2) is 39.5 Å². The first kappa shape index (κ1) is 15.4. The fourth-order valence-electron chi connectivity index (χ4n) is 5.71. The van der Waals surface area contributed by atoms with Crippen LogP contribution in [0.2, 0.25) is 0 Å². The van der Waals surface area contributed by atoms with Crippen molar-refractivity contribution in [1.29, 1.82) is 0 Å². The second kappa shape index (κ2) is 5.10. The van der Waals surface area contributed by atoms with Gasteiger partial charge in [-0.05, 0) is 68.6 Å². The van der Waals surface area contributed by atoms with Gasteiger partial charge in [-0.2, -0.15) is 0 Å². The van der Waals surface area contributed by atoms with Crippen LogP contribution >= 0.6 is 11.6 Å². The molecule has 1 aromatic carbocycles. The quantitative estimate of drug-likeness (QED) is 0.348. The van der Waals surface area contributed by atoms with E-state index >= 15 is 0 Å². The number of benzene rings is 1. The second-order valence-electron chi connectivity index (χ2n) is 8.24. The SMILES string of the molecule is O=C(Oc1ccc2ccc(=O)oc2c1)C12C[C@@H]3C[C@@H](CC(Cl)(C3)C1)C2. The molecule has 0 spiro atoms. The minimum atomic E-state index is -0.446. The van der Waals surface area contributed by atoms with Gasteiger partial charge in [-0.25, -0.2) is 4.79 Å². The number of carbonyl (C=O) groups excluding carboxylic acids is 1. The first-order valence-corrected chi connectivity index (χ1v) is 9.26. The number of esters is 1. The zero-order valence-corrected chi connectivity index (χ0v) is 14.6. The van der Waals surface area contributed by atoms with Crippen LogP contribution in [0, 0.1) is 17.3 Å². The van der Waals surface area contributed by atoms with Gasteiger partial charge in [0.25, 0.3) is 0 Å². The van der Waals surface area contributed by atoms with Crippen molar-refractivity contribution in [3.63, 3.8) is 0 Å². The number of ether oxygens (including phenoxy) is 1. The molecule has 0 aliphatic heterocycles. The molecule has 130 valence electrons. The Kier molecular flexibility index (Phi) is 3.15. The maximum Gasteiger partial charge on any atom is 0.336 e. The average molecular weight is 359 g/mol. The highest BCUT2D eigenvalue weighted by atomic mass is 35.5. The summed E-state index contributed by atoms with van der Waals surface area (Å²) in [7, 11) is 0. The Labute approximate surface area is 150 Å². The first-order valence-electron chi connectivity index (χ1n) is 8.88. The van der Waals surface area contributed by atoms with Crippen LogP contribution in [0.25, 0.3) is 11.0 Å². The molecule has 0 amide bonds. The van der Waals surface area contributed by atoms with Gasteiger partial charge in [0, 0.05) is 22.4 Å². The van der Waals surface area contributed by atoms with Crippen LogP contribution in [-0.2, 0) is 4.79 Å². The Morgan fingerprint density at radius 3 is 2.56 bits per heavy atom. The highest BCUT2D eigenvalue weighted by Crippen LogP contribution is 2.64. The highest BCUT2D eigenvalue weighted by Gasteiger charge is 2.60. The lowest BCUT2D eigenvalue weighted by molar-refractivity contribution is -0.159. The molecule has 1 heterocycles. The third-order valence-corrected chi connectivity index (χ3v) is 6.67. The van der Waals surface area contributed by atoms with Crippen LogP contribution in [0.4, 0.5) is 0 Å². The van der Waals surface area contributed by atoms with E-state index in [-0.39, 0.29) is 10.8 Å². The standard InChI is InChI=1S/C20H19ClO4/c21-20-9-12-5-13(10-20)8-19(7-12,11-20)18(23)24-15-3-1-14-2-4-17(22)25-16(14)6-15/h1-4,6,12-13H,5,7-11H2/t12-,13+,19?,20?. The Balaban J connectivity index is 1.44. The van der Waals surface area contributed by atoms with Crippen LogP contribution in [0.1, 0.15) is 38.5 Å². The summed E-state index contributed by atoms with van der Waals surface area (Å²) in [5.41, 5.74) is -0.434. The Morgan fingerprint density at radius 2 is 1.84 bits per heavy atom. The molecule has 4 atom stereocenters. The molecule has 0 N–H and O–H groups in total. The minimum absolute atomic E-state index is 0.177. The van der Waals surface area contributed by atoms with Crippen molar-refractivity contribution in [3.05, 3.63) is 40.8 Å². The number of halogens is 1. The summed E-state index contributed by atoms with van der Waals surface area (Å²) in [5.74, 6) is 1.33. The molecular weight excluding hydrogens is 340 g/mol. The van der Waals surface area contributed by atoms with Crippen LogP contribution in [0.3, 0.4) is 0 Å². The summed E-state index contributed by atoms with van der Waals surface area (Å²) < 4.78 is 10.9. The number of rotatable bonds is 2. The summed E-state index contributed by atoms with van der Waals surface area (Å²) in [4.78, 5) is 24.2. The molecule has 5 heteroatoms. The second-order valence-corrected chi connectivity index (χ2v) is 9.04. The molecule has 2 aromatic rings. The van der Waals surface area contributed by atoms with Gasteiger partial charge in [-0.3, -0.25) is 4.79 Å². The summed E-state index contributed by atoms with van der Waals surface area (Å²) >= 11 is 6.81. The number of alkyl halides is 1. The first-order chi connectivity index (χ1) is 11.9. The van der Waals surface area contributed by atoms with Crippen molar-refractivity contribution in [1.82, 2.24) is 0 Å². The summed E-state index contributed by atoms with van der Waals surface area (Å²) in [6.45, 7) is 0. The number of fused-ring (bicyclic) bond motifs is 1. The molecule has 4 aliphatic carbocycles. The molecule has 6 rings (SSSR count). The van der Waals surface area contributed by atoms with Crippen molar-refractivity contribution >= 4 is 28.5 Å². The molecule has 0 saturated heterocycles. The zero-order chi connectivity index (χ0) is 17.2. The Bertz CT molecular complexity index is 917. The molecular formula is C20H19ClO4. The smallest absolute Gasteiger partial charge is 0.336 e. The van der Waals surface area contributed by atoms with E-state index in [4.69, 9.17) is 20.8 Å². The van der Waals surface area contributed by atoms with Crippen molar-refractivity contribution in [2.45, 2.75) is 43.4 Å². The normalized spacial score (nSPS) is 35.9. The fourth-order valence-corrected chi connectivity index (χ4v) is 6.40. The van der Waals surface area contributed by atoms with Crippen LogP contribution in [-0.4, -0.2) is 10.8 Å². The van der Waals surface area contributed by atoms with Gasteiger partial charge in [0.05, 0.1) is 5.41 Å². The van der Waals surface area contributed by atoms with Crippen molar-refractivity contribution in [3.8, 4) is 5.75 Å². The Hall–Kier alpha value is -1.81. The average Bonchev–Trinajstić information content (AvgIpc) is 2.52. The summed E-state index contributed by atoms with van der Waals surface area (Å²) in [6.07, 6.45) is 5.75. The van der Waals surface area contributed by atoms with Gasteiger partial charge in [0.1, 0.15) is 11.3 Å². The molecule has 4 fully saturated rings. The van der Waals surface area contributed by atoms with E-state index in [1.165, 1.54) is 12.5 Å². The Morgan fingerprint density at radius 1 is 1.12 bits per heavy atom. The van der Waals surface area contributed by atoms with E-state index in [2.05, 4.69) is 0 Å². The molecule has 4 aliphatic rings. The van der Waals surface area contributed by atoms with Gasteiger partial charge in [-0.1, -0.05) is 0 Å². The van der Waals surface area contributed by atoms with E-state index in [9.17, 15) is 9.59 Å². The van der Waals surface area contributed by atoms with E-state index in [1.54, 1.807) is 24.3 Å². The van der Waals surface area contributed by atoms with E-state index < -0.39 is 11.0 Å². The van der Waals surface area contributed by atoms with Crippen molar-refractivity contribution < 1.29 is 13.9 Å². The molecule has 2 unspecified atom stereocenters. The fraction of sp³-hybridized carbons (Fsp3) is 0.500. The highest BCUT2D eigenvalue weighted by molar-refractivity contribution is 6.24. The summed E-state index contributed by atoms with van der Waals surface area (Å²) in [6, 6.07) is 8.24. The monoisotopic (exact) mass is 358 g/mol. The maximum absolute atomic E-state index is 13.0. The lowest BCUT2D eigenvalue weighted by Gasteiger charge is -2.58. The number of carbonyl (C=O) groups is 1. The van der Waals surface area contributed by atoms with E-state index in [1.807, 2.05) is 0 Å². The van der Waals surface area contributed by atoms with E-state index in [0.717, 1.165) is 37.5 Å². The van der Waals surface area contributed by atoms with Gasteiger partial charge >= 0.3 is 11.6 Å². The maximum atomic E-state index is 13.0. The van der Waals surface area contributed by atoms with Gasteiger partial charge < -0.3 is 9.15 Å². The zero-order valence-electron chi connectivity index (χ0n) is 13.8. The molecule has 0 radical (unpaired) electrons. The topological polar surface area (TPSA) is 56.5 Å². The molecule has 4 nitrogen and oxygen atoms in total. The van der Waals surface area contributed by atoms with Crippen molar-refractivity contribution in [2.75, 3.05) is 0 Å². The third-order valence-electron chi connectivity index (χ3n) is 6.23. The van der Waals surface area contributed by atoms with Gasteiger partial charge in [-0.15, -0.1) is 11.6 Å². The van der Waals surface area contributed by atoms with Gasteiger partial charge in [0.2, 0.25) is 0 Å². The summed E-state index contributed by atoms with van der Waals surface area (Å²) in [5, 5.41) is 0.800. The third kappa shape index (κ3) is 2.50. The molecule has 1 aromatic heterocycles. The predicted molar refractivity (Wildman–Crippen MR) is 93.8 cm³/mol. The molecule has 4 saturated carbocycles. The van der Waals surface area contributed by atoms with Crippen LogP contribution < -0.4 is 10.4 Å². The predicted octanol–water partition coefficient (Wildman–Crippen LogP) is 4.28. The number of hydrogen-bond donors (Lipinski definition) is 0. The largest absolute Gasteiger partial charge is 0.426 e. The minimum Gasteiger partial charge on any atom is -0.426 e.